The third-order valence-electron chi connectivity index (χ3n) is 3.39. The van der Waals surface area contributed by atoms with Crippen LogP contribution in [0.1, 0.15) is 30.5 Å². The molecule has 0 atom stereocenters. The van der Waals surface area contributed by atoms with E-state index in [2.05, 4.69) is 45.0 Å². The SMILES string of the molecule is Cc1ccc2c(c1)C=C(C(C)(C)CN)C2. The van der Waals surface area contributed by atoms with Crippen LogP contribution >= 0.6 is 0 Å². The van der Waals surface area contributed by atoms with Crippen LogP contribution in [0.2, 0.25) is 0 Å². The Morgan fingerprint density at radius 1 is 1.33 bits per heavy atom. The molecule has 1 heteroatoms. The number of rotatable bonds is 2. The molecule has 0 aliphatic heterocycles. The van der Waals surface area contributed by atoms with Crippen molar-refractivity contribution in [3.8, 4) is 0 Å². The molecule has 0 saturated heterocycles. The van der Waals surface area contributed by atoms with E-state index in [4.69, 9.17) is 5.73 Å². The molecule has 0 heterocycles. The molecule has 1 aliphatic rings. The summed E-state index contributed by atoms with van der Waals surface area (Å²) in [5.74, 6) is 0. The van der Waals surface area contributed by atoms with E-state index in [1.807, 2.05) is 0 Å². The van der Waals surface area contributed by atoms with Crippen LogP contribution in [0.25, 0.3) is 6.08 Å². The van der Waals surface area contributed by atoms with E-state index < -0.39 is 0 Å². The van der Waals surface area contributed by atoms with E-state index in [1.165, 1.54) is 22.3 Å². The van der Waals surface area contributed by atoms with Gasteiger partial charge in [-0.25, -0.2) is 0 Å². The Kier molecular flexibility index (Phi) is 2.43. The van der Waals surface area contributed by atoms with Crippen molar-refractivity contribution in [2.24, 2.45) is 11.1 Å². The monoisotopic (exact) mass is 201 g/mol. The summed E-state index contributed by atoms with van der Waals surface area (Å²) in [5, 5.41) is 0. The van der Waals surface area contributed by atoms with E-state index in [1.54, 1.807) is 0 Å². The maximum atomic E-state index is 5.81. The number of hydrogen-bond acceptors (Lipinski definition) is 1. The smallest absolute Gasteiger partial charge is 0.00118 e. The summed E-state index contributed by atoms with van der Waals surface area (Å²) in [4.78, 5) is 0. The molecule has 0 bridgehead atoms. The normalized spacial score (nSPS) is 15.1. The predicted octanol–water partition coefficient (Wildman–Crippen LogP) is 2.92. The predicted molar refractivity (Wildman–Crippen MR) is 65.7 cm³/mol. The zero-order chi connectivity index (χ0) is 11.1. The van der Waals surface area contributed by atoms with Crippen molar-refractivity contribution in [2.75, 3.05) is 6.54 Å². The molecule has 0 unspecified atom stereocenters. The Bertz CT molecular complexity index is 413. The Labute approximate surface area is 92.0 Å². The Morgan fingerprint density at radius 3 is 2.73 bits per heavy atom. The van der Waals surface area contributed by atoms with Gasteiger partial charge in [-0.2, -0.15) is 0 Å². The number of benzene rings is 1. The summed E-state index contributed by atoms with van der Waals surface area (Å²) in [6, 6.07) is 6.68. The van der Waals surface area contributed by atoms with Gasteiger partial charge in [0.05, 0.1) is 0 Å². The molecular formula is C14H19N. The van der Waals surface area contributed by atoms with Crippen molar-refractivity contribution < 1.29 is 0 Å². The maximum Gasteiger partial charge on any atom is 0.00118 e. The van der Waals surface area contributed by atoms with Crippen LogP contribution in [0.3, 0.4) is 0 Å². The first kappa shape index (κ1) is 10.4. The summed E-state index contributed by atoms with van der Waals surface area (Å²) in [6.07, 6.45) is 3.38. The van der Waals surface area contributed by atoms with Gasteiger partial charge in [-0.05, 0) is 29.9 Å². The lowest BCUT2D eigenvalue weighted by molar-refractivity contribution is 0.456. The quantitative estimate of drug-likeness (QED) is 0.782. The van der Waals surface area contributed by atoms with Gasteiger partial charge in [0.15, 0.2) is 0 Å². The topological polar surface area (TPSA) is 26.0 Å². The highest BCUT2D eigenvalue weighted by Gasteiger charge is 2.25. The zero-order valence-electron chi connectivity index (χ0n) is 9.80. The molecule has 1 nitrogen and oxygen atoms in total. The molecule has 0 aromatic heterocycles. The molecule has 2 rings (SSSR count). The van der Waals surface area contributed by atoms with Gasteiger partial charge in [0.1, 0.15) is 0 Å². The fourth-order valence-electron chi connectivity index (χ4n) is 2.02. The van der Waals surface area contributed by atoms with Crippen LogP contribution in [-0.4, -0.2) is 6.54 Å². The second kappa shape index (κ2) is 3.49. The first-order valence-corrected chi connectivity index (χ1v) is 5.53. The van der Waals surface area contributed by atoms with Crippen molar-refractivity contribution >= 4 is 6.08 Å². The lowest BCUT2D eigenvalue weighted by Crippen LogP contribution is -2.25. The average Bonchev–Trinajstić information content (AvgIpc) is 2.61. The van der Waals surface area contributed by atoms with Gasteiger partial charge in [0.2, 0.25) is 0 Å². The Hall–Kier alpha value is -1.08. The molecule has 2 N–H and O–H groups in total. The number of hydrogen-bond donors (Lipinski definition) is 1. The molecular weight excluding hydrogens is 182 g/mol. The maximum absolute atomic E-state index is 5.81. The van der Waals surface area contributed by atoms with E-state index in [9.17, 15) is 0 Å². The van der Waals surface area contributed by atoms with Crippen LogP contribution in [-0.2, 0) is 6.42 Å². The largest absolute Gasteiger partial charge is 0.330 e. The van der Waals surface area contributed by atoms with Crippen LogP contribution in [0, 0.1) is 12.3 Å². The fraction of sp³-hybridized carbons (Fsp3) is 0.429. The molecule has 80 valence electrons. The second-order valence-electron chi connectivity index (χ2n) is 5.14. The molecule has 0 spiro atoms. The van der Waals surface area contributed by atoms with Crippen LogP contribution in [0.5, 0.6) is 0 Å². The molecule has 0 fully saturated rings. The lowest BCUT2D eigenvalue weighted by Gasteiger charge is -2.24. The van der Waals surface area contributed by atoms with Crippen molar-refractivity contribution in [2.45, 2.75) is 27.2 Å². The van der Waals surface area contributed by atoms with Gasteiger partial charge < -0.3 is 5.73 Å². The minimum absolute atomic E-state index is 0.132. The van der Waals surface area contributed by atoms with Gasteiger partial charge in [0.25, 0.3) is 0 Å². The molecule has 1 aromatic carbocycles. The highest BCUT2D eigenvalue weighted by atomic mass is 14.6. The first-order valence-electron chi connectivity index (χ1n) is 5.53. The number of nitrogens with two attached hydrogens (primary N) is 1. The highest BCUT2D eigenvalue weighted by molar-refractivity contribution is 5.65. The first-order chi connectivity index (χ1) is 7.03. The van der Waals surface area contributed by atoms with Gasteiger partial charge in [-0.1, -0.05) is 49.3 Å². The summed E-state index contributed by atoms with van der Waals surface area (Å²) in [6.45, 7) is 7.29. The third kappa shape index (κ3) is 1.84. The van der Waals surface area contributed by atoms with Crippen LogP contribution in [0.15, 0.2) is 23.8 Å². The van der Waals surface area contributed by atoms with Crippen molar-refractivity contribution in [1.29, 1.82) is 0 Å². The van der Waals surface area contributed by atoms with Crippen molar-refractivity contribution in [3.63, 3.8) is 0 Å². The minimum Gasteiger partial charge on any atom is -0.330 e. The Balaban J connectivity index is 2.35. The van der Waals surface area contributed by atoms with Gasteiger partial charge in [-0.15, -0.1) is 0 Å². The van der Waals surface area contributed by atoms with Crippen LogP contribution < -0.4 is 5.73 Å². The van der Waals surface area contributed by atoms with E-state index in [0.717, 1.165) is 6.42 Å². The van der Waals surface area contributed by atoms with Crippen LogP contribution in [0.4, 0.5) is 0 Å². The molecule has 1 aliphatic carbocycles. The standard InChI is InChI=1S/C14H19N/c1-10-4-5-11-7-13(8-12(11)6-10)14(2,3)9-15/h4-6,8H,7,9,15H2,1-3H3. The molecule has 0 saturated carbocycles. The highest BCUT2D eigenvalue weighted by Crippen LogP contribution is 2.36. The lowest BCUT2D eigenvalue weighted by atomic mass is 9.83. The zero-order valence-corrected chi connectivity index (χ0v) is 9.80. The number of aryl methyl sites for hydroxylation is 1. The summed E-state index contributed by atoms with van der Waals surface area (Å²) < 4.78 is 0. The van der Waals surface area contributed by atoms with Gasteiger partial charge in [0, 0.05) is 6.54 Å². The fourth-order valence-corrected chi connectivity index (χ4v) is 2.02. The van der Waals surface area contributed by atoms with Crippen molar-refractivity contribution in [3.05, 3.63) is 40.5 Å². The second-order valence-corrected chi connectivity index (χ2v) is 5.14. The molecule has 1 aromatic rings. The summed E-state index contributed by atoms with van der Waals surface area (Å²) in [5.41, 5.74) is 11.6. The third-order valence-corrected chi connectivity index (χ3v) is 3.39. The molecule has 0 radical (unpaired) electrons. The van der Waals surface area contributed by atoms with E-state index >= 15 is 0 Å². The summed E-state index contributed by atoms with van der Waals surface area (Å²) >= 11 is 0. The van der Waals surface area contributed by atoms with E-state index in [-0.39, 0.29) is 5.41 Å². The summed E-state index contributed by atoms with van der Waals surface area (Å²) in [7, 11) is 0. The van der Waals surface area contributed by atoms with Gasteiger partial charge in [-0.3, -0.25) is 0 Å². The average molecular weight is 201 g/mol. The van der Waals surface area contributed by atoms with Crippen molar-refractivity contribution in [1.82, 2.24) is 0 Å². The molecule has 0 amide bonds. The minimum atomic E-state index is 0.132. The molecule has 15 heavy (non-hydrogen) atoms. The van der Waals surface area contributed by atoms with E-state index in [0.29, 0.717) is 6.54 Å². The number of fused-ring (bicyclic) bond motifs is 1. The van der Waals surface area contributed by atoms with Gasteiger partial charge >= 0.3 is 0 Å². The Morgan fingerprint density at radius 2 is 2.07 bits per heavy atom.